The molecule has 0 aliphatic carbocycles. The van der Waals surface area contributed by atoms with Gasteiger partial charge < -0.3 is 4.74 Å². The van der Waals surface area contributed by atoms with Crippen LogP contribution in [0, 0.1) is 0 Å². The van der Waals surface area contributed by atoms with Gasteiger partial charge in [-0.25, -0.2) is 4.79 Å². The molecule has 1 aromatic carbocycles. The summed E-state index contributed by atoms with van der Waals surface area (Å²) >= 11 is 0. The van der Waals surface area contributed by atoms with Crippen molar-refractivity contribution in [3.63, 3.8) is 0 Å². The molecule has 0 saturated heterocycles. The number of esters is 1. The van der Waals surface area contributed by atoms with Gasteiger partial charge in [-0.15, -0.1) is 0 Å². The van der Waals surface area contributed by atoms with Crippen molar-refractivity contribution >= 4 is 16.1 Å². The third-order valence-corrected chi connectivity index (χ3v) is 2.42. The molecule has 0 aromatic heterocycles. The first-order valence-corrected chi connectivity index (χ1v) is 5.66. The van der Waals surface area contributed by atoms with Crippen LogP contribution in [0.3, 0.4) is 0 Å². The van der Waals surface area contributed by atoms with E-state index in [0.717, 1.165) is 0 Å². The van der Waals surface area contributed by atoms with Gasteiger partial charge in [0.25, 0.3) is 10.1 Å². The largest absolute Gasteiger partial charge is 0.465 e. The molecule has 0 heterocycles. The third-order valence-electron chi connectivity index (χ3n) is 1.72. The second-order valence-corrected chi connectivity index (χ2v) is 4.37. The van der Waals surface area contributed by atoms with Gasteiger partial charge in [0.05, 0.1) is 12.7 Å². The minimum Gasteiger partial charge on any atom is -0.465 e. The van der Waals surface area contributed by atoms with E-state index in [4.69, 9.17) is 4.55 Å². The molecule has 6 heteroatoms. The summed E-state index contributed by atoms with van der Waals surface area (Å²) in [6.07, 6.45) is 0. The van der Waals surface area contributed by atoms with Crippen LogP contribution in [0.1, 0.15) is 15.9 Å². The number of benzene rings is 1. The van der Waals surface area contributed by atoms with Crippen molar-refractivity contribution in [1.29, 1.82) is 0 Å². The smallest absolute Gasteiger partial charge is 0.337 e. The summed E-state index contributed by atoms with van der Waals surface area (Å²) in [5.74, 6) is -0.956. The molecule has 1 N–H and O–H groups in total. The molecule has 0 radical (unpaired) electrons. The van der Waals surface area contributed by atoms with Crippen LogP contribution in [0.25, 0.3) is 0 Å². The Hall–Kier alpha value is -1.40. The number of hydrogen-bond donors (Lipinski definition) is 1. The van der Waals surface area contributed by atoms with Gasteiger partial charge in [-0.3, -0.25) is 4.55 Å². The summed E-state index contributed by atoms with van der Waals surface area (Å²) in [5.41, 5.74) is 0.738. The zero-order valence-electron chi connectivity index (χ0n) is 8.00. The molecule has 0 atom stereocenters. The maximum atomic E-state index is 11.0. The van der Waals surface area contributed by atoms with Gasteiger partial charge in [-0.05, 0) is 17.7 Å². The predicted molar refractivity (Wildman–Crippen MR) is 53.0 cm³/mol. The van der Waals surface area contributed by atoms with Crippen molar-refractivity contribution < 1.29 is 22.5 Å². The van der Waals surface area contributed by atoms with Gasteiger partial charge in [0.15, 0.2) is 0 Å². The Morgan fingerprint density at radius 1 is 1.33 bits per heavy atom. The highest BCUT2D eigenvalue weighted by Gasteiger charge is 2.08. The Morgan fingerprint density at radius 3 is 2.27 bits per heavy atom. The third kappa shape index (κ3) is 3.69. The first-order chi connectivity index (χ1) is 6.92. The highest BCUT2D eigenvalue weighted by molar-refractivity contribution is 7.85. The normalized spacial score (nSPS) is 11.1. The fourth-order valence-corrected chi connectivity index (χ4v) is 1.68. The lowest BCUT2D eigenvalue weighted by Crippen LogP contribution is -2.03. The van der Waals surface area contributed by atoms with E-state index in [2.05, 4.69) is 4.74 Å². The number of carbonyl (C=O) groups is 1. The highest BCUT2D eigenvalue weighted by Crippen LogP contribution is 2.08. The van der Waals surface area contributed by atoms with E-state index in [0.29, 0.717) is 11.1 Å². The number of methoxy groups -OCH3 is 1. The van der Waals surface area contributed by atoms with Gasteiger partial charge >= 0.3 is 5.97 Å². The van der Waals surface area contributed by atoms with Crippen LogP contribution in [0.15, 0.2) is 24.3 Å². The van der Waals surface area contributed by atoms with E-state index in [1.165, 1.54) is 31.4 Å². The molecular weight excluding hydrogens is 220 g/mol. The highest BCUT2D eigenvalue weighted by atomic mass is 32.2. The second kappa shape index (κ2) is 4.41. The van der Waals surface area contributed by atoms with Crippen molar-refractivity contribution in [2.45, 2.75) is 5.75 Å². The average molecular weight is 230 g/mol. The Balaban J connectivity index is 2.86. The summed E-state index contributed by atoms with van der Waals surface area (Å²) in [4.78, 5) is 11.0. The second-order valence-electron chi connectivity index (χ2n) is 2.91. The van der Waals surface area contributed by atoms with E-state index in [9.17, 15) is 13.2 Å². The van der Waals surface area contributed by atoms with E-state index < -0.39 is 21.8 Å². The van der Waals surface area contributed by atoms with Crippen LogP contribution in [0.5, 0.6) is 0 Å². The Morgan fingerprint density at radius 2 is 1.87 bits per heavy atom. The zero-order valence-corrected chi connectivity index (χ0v) is 8.82. The average Bonchev–Trinajstić information content (AvgIpc) is 2.15. The summed E-state index contributed by atoms with van der Waals surface area (Å²) < 4.78 is 34.1. The molecule has 0 amide bonds. The van der Waals surface area contributed by atoms with Gasteiger partial charge in [-0.1, -0.05) is 12.1 Å². The van der Waals surface area contributed by atoms with E-state index in [1.807, 2.05) is 0 Å². The van der Waals surface area contributed by atoms with Crippen molar-refractivity contribution in [2.24, 2.45) is 0 Å². The van der Waals surface area contributed by atoms with Crippen molar-refractivity contribution in [1.82, 2.24) is 0 Å². The van der Waals surface area contributed by atoms with Gasteiger partial charge in [0, 0.05) is 0 Å². The molecule has 0 bridgehead atoms. The quantitative estimate of drug-likeness (QED) is 0.615. The molecule has 0 aliphatic heterocycles. The number of rotatable bonds is 3. The van der Waals surface area contributed by atoms with Gasteiger partial charge in [0.1, 0.15) is 5.75 Å². The van der Waals surface area contributed by atoms with Gasteiger partial charge in [0.2, 0.25) is 0 Å². The lowest BCUT2D eigenvalue weighted by molar-refractivity contribution is 0.0600. The SMILES string of the molecule is COC(=O)c1ccc(CS(=O)(=O)O)cc1. The maximum Gasteiger partial charge on any atom is 0.337 e. The summed E-state index contributed by atoms with van der Waals surface area (Å²) in [6.45, 7) is 0. The minimum atomic E-state index is -4.03. The molecule has 0 aliphatic rings. The molecule has 1 aromatic rings. The molecular formula is C9H10O5S. The van der Waals surface area contributed by atoms with E-state index >= 15 is 0 Å². The topological polar surface area (TPSA) is 80.7 Å². The van der Waals surface area contributed by atoms with Crippen LogP contribution < -0.4 is 0 Å². The number of carbonyl (C=O) groups excluding carboxylic acids is 1. The van der Waals surface area contributed by atoms with E-state index in [-0.39, 0.29) is 0 Å². The standard InChI is InChI=1S/C9H10O5S/c1-14-9(10)8-4-2-7(3-5-8)6-15(11,12)13/h2-5H,6H2,1H3,(H,11,12,13). The van der Waals surface area contributed by atoms with Crippen LogP contribution in [-0.2, 0) is 20.6 Å². The van der Waals surface area contributed by atoms with E-state index in [1.54, 1.807) is 0 Å². The van der Waals surface area contributed by atoms with Crippen LogP contribution in [0.4, 0.5) is 0 Å². The molecule has 0 saturated carbocycles. The Labute approximate surface area is 87.4 Å². The Kier molecular flexibility index (Phi) is 3.43. The summed E-state index contributed by atoms with van der Waals surface area (Å²) in [7, 11) is -2.77. The molecule has 0 unspecified atom stereocenters. The lowest BCUT2D eigenvalue weighted by atomic mass is 10.1. The first kappa shape index (κ1) is 11.7. The lowest BCUT2D eigenvalue weighted by Gasteiger charge is -2.01. The molecule has 5 nitrogen and oxygen atoms in total. The molecule has 15 heavy (non-hydrogen) atoms. The number of ether oxygens (including phenoxy) is 1. The summed E-state index contributed by atoms with van der Waals surface area (Å²) in [6, 6.07) is 5.76. The van der Waals surface area contributed by atoms with Crippen LogP contribution in [0.2, 0.25) is 0 Å². The van der Waals surface area contributed by atoms with Crippen molar-refractivity contribution in [2.75, 3.05) is 7.11 Å². The summed E-state index contributed by atoms with van der Waals surface area (Å²) in [5, 5.41) is 0. The van der Waals surface area contributed by atoms with Crippen LogP contribution in [-0.4, -0.2) is 26.0 Å². The fourth-order valence-electron chi connectivity index (χ4n) is 1.07. The maximum absolute atomic E-state index is 11.0. The Bertz CT molecular complexity index is 446. The monoisotopic (exact) mass is 230 g/mol. The number of hydrogen-bond acceptors (Lipinski definition) is 4. The van der Waals surface area contributed by atoms with Crippen LogP contribution >= 0.6 is 0 Å². The van der Waals surface area contributed by atoms with Crippen molar-refractivity contribution in [3.8, 4) is 0 Å². The molecule has 0 fully saturated rings. The first-order valence-electron chi connectivity index (χ1n) is 4.05. The zero-order chi connectivity index (χ0) is 11.5. The minimum absolute atomic E-state index is 0.330. The molecule has 1 rings (SSSR count). The van der Waals surface area contributed by atoms with Gasteiger partial charge in [-0.2, -0.15) is 8.42 Å². The molecule has 0 spiro atoms. The predicted octanol–water partition coefficient (Wildman–Crippen LogP) is 0.861. The van der Waals surface area contributed by atoms with Crippen molar-refractivity contribution in [3.05, 3.63) is 35.4 Å². The molecule has 82 valence electrons. The fraction of sp³-hybridized carbons (Fsp3) is 0.222.